The first-order chi connectivity index (χ1) is 9.69. The van der Waals surface area contributed by atoms with Crippen LogP contribution in [0.4, 0.5) is 0 Å². The van der Waals surface area contributed by atoms with Gasteiger partial charge in [0.05, 0.1) is 17.3 Å². The average molecular weight is 300 g/mol. The third-order valence-corrected chi connectivity index (χ3v) is 6.73. The van der Waals surface area contributed by atoms with Crippen LogP contribution in [0.3, 0.4) is 0 Å². The van der Waals surface area contributed by atoms with E-state index in [4.69, 9.17) is 9.47 Å². The van der Waals surface area contributed by atoms with Crippen LogP contribution >= 0.6 is 11.8 Å². The number of methoxy groups -OCH3 is 1. The van der Waals surface area contributed by atoms with Crippen LogP contribution in [0.1, 0.15) is 51.4 Å². The summed E-state index contributed by atoms with van der Waals surface area (Å²) in [6.07, 6.45) is 8.59. The normalized spacial score (nSPS) is 41.7. The van der Waals surface area contributed by atoms with Gasteiger partial charge in [-0.15, -0.1) is 0 Å². The van der Waals surface area contributed by atoms with E-state index in [9.17, 15) is 5.11 Å². The molecule has 3 aliphatic rings. The van der Waals surface area contributed by atoms with Crippen molar-refractivity contribution in [3.05, 3.63) is 0 Å². The Morgan fingerprint density at radius 2 is 1.95 bits per heavy atom. The Labute approximate surface area is 126 Å². The second kappa shape index (κ2) is 6.15. The molecule has 2 heterocycles. The zero-order valence-corrected chi connectivity index (χ0v) is 13.4. The minimum absolute atomic E-state index is 0.0226. The van der Waals surface area contributed by atoms with E-state index in [1.54, 1.807) is 7.11 Å². The maximum Gasteiger partial charge on any atom is 0.0937 e. The average Bonchev–Trinajstić information content (AvgIpc) is 2.48. The Bertz CT molecular complexity index is 324. The molecule has 3 fully saturated rings. The van der Waals surface area contributed by atoms with Crippen molar-refractivity contribution in [1.82, 2.24) is 0 Å². The molecular formula is C16H28O3S. The maximum absolute atomic E-state index is 11.3. The predicted molar refractivity (Wildman–Crippen MR) is 82.2 cm³/mol. The van der Waals surface area contributed by atoms with Crippen LogP contribution in [0.5, 0.6) is 0 Å². The zero-order valence-electron chi connectivity index (χ0n) is 12.6. The quantitative estimate of drug-likeness (QED) is 0.851. The first-order valence-electron chi connectivity index (χ1n) is 8.15. The number of hydrogen-bond donors (Lipinski definition) is 1. The number of thioether (sulfide) groups is 1. The molecule has 1 aliphatic carbocycles. The van der Waals surface area contributed by atoms with Gasteiger partial charge < -0.3 is 14.6 Å². The summed E-state index contributed by atoms with van der Waals surface area (Å²) in [7, 11) is 1.76. The highest BCUT2D eigenvalue weighted by Gasteiger charge is 2.50. The molecule has 1 spiro atoms. The SMILES string of the molecule is COC1CCCCC1(O)C1CCOC2(CCSCC2)C1. The van der Waals surface area contributed by atoms with E-state index >= 15 is 0 Å². The van der Waals surface area contributed by atoms with Gasteiger partial charge in [0.15, 0.2) is 0 Å². The van der Waals surface area contributed by atoms with Crippen molar-refractivity contribution in [3.8, 4) is 0 Å². The van der Waals surface area contributed by atoms with Gasteiger partial charge in [-0.3, -0.25) is 0 Å². The second-order valence-corrected chi connectivity index (χ2v) is 8.02. The fraction of sp³-hybridized carbons (Fsp3) is 1.00. The molecule has 3 unspecified atom stereocenters. The molecule has 3 rings (SSSR count). The molecule has 0 amide bonds. The molecule has 2 aliphatic heterocycles. The van der Waals surface area contributed by atoms with Gasteiger partial charge >= 0.3 is 0 Å². The molecule has 1 N–H and O–H groups in total. The number of ether oxygens (including phenoxy) is 2. The monoisotopic (exact) mass is 300 g/mol. The maximum atomic E-state index is 11.3. The molecule has 4 heteroatoms. The van der Waals surface area contributed by atoms with Crippen molar-refractivity contribution in [1.29, 1.82) is 0 Å². The van der Waals surface area contributed by atoms with Gasteiger partial charge in [0.25, 0.3) is 0 Å². The van der Waals surface area contributed by atoms with Gasteiger partial charge in [-0.05, 0) is 55.9 Å². The third-order valence-electron chi connectivity index (χ3n) is 5.74. The number of hydrogen-bond acceptors (Lipinski definition) is 4. The fourth-order valence-corrected chi connectivity index (χ4v) is 5.72. The van der Waals surface area contributed by atoms with Crippen molar-refractivity contribution in [2.24, 2.45) is 5.92 Å². The first kappa shape index (κ1) is 15.1. The lowest BCUT2D eigenvalue weighted by molar-refractivity contribution is -0.195. The van der Waals surface area contributed by atoms with E-state index in [0.717, 1.165) is 51.6 Å². The van der Waals surface area contributed by atoms with Gasteiger partial charge in [-0.25, -0.2) is 0 Å². The summed E-state index contributed by atoms with van der Waals surface area (Å²) in [5, 5.41) is 11.3. The summed E-state index contributed by atoms with van der Waals surface area (Å²) in [4.78, 5) is 0. The van der Waals surface area contributed by atoms with E-state index < -0.39 is 5.60 Å². The molecule has 0 radical (unpaired) electrons. The van der Waals surface area contributed by atoms with E-state index in [1.807, 2.05) is 11.8 Å². The number of aliphatic hydroxyl groups is 1. The Kier molecular flexibility index (Phi) is 4.66. The highest BCUT2D eigenvalue weighted by Crippen LogP contribution is 2.47. The van der Waals surface area contributed by atoms with Crippen LogP contribution < -0.4 is 0 Å². The summed E-state index contributed by atoms with van der Waals surface area (Å²) in [6.45, 7) is 0.814. The Morgan fingerprint density at radius 1 is 1.15 bits per heavy atom. The Balaban J connectivity index is 1.74. The van der Waals surface area contributed by atoms with E-state index in [2.05, 4.69) is 0 Å². The molecule has 1 saturated carbocycles. The van der Waals surface area contributed by atoms with Crippen LogP contribution in [-0.4, -0.2) is 47.6 Å². The van der Waals surface area contributed by atoms with Crippen LogP contribution in [0.25, 0.3) is 0 Å². The predicted octanol–water partition coefficient (Wildman–Crippen LogP) is 3.00. The fourth-order valence-electron chi connectivity index (χ4n) is 4.48. The number of rotatable bonds is 2. The minimum Gasteiger partial charge on any atom is -0.387 e. The molecule has 3 atom stereocenters. The van der Waals surface area contributed by atoms with Crippen LogP contribution in [0.2, 0.25) is 0 Å². The molecule has 2 saturated heterocycles. The largest absolute Gasteiger partial charge is 0.387 e. The van der Waals surface area contributed by atoms with Crippen molar-refractivity contribution >= 4 is 11.8 Å². The molecule has 116 valence electrons. The third kappa shape index (κ3) is 2.77. The van der Waals surface area contributed by atoms with E-state index in [1.165, 1.54) is 17.9 Å². The molecule has 0 aromatic rings. The smallest absolute Gasteiger partial charge is 0.0937 e. The van der Waals surface area contributed by atoms with Crippen molar-refractivity contribution in [2.45, 2.75) is 68.7 Å². The summed E-state index contributed by atoms with van der Waals surface area (Å²) < 4.78 is 11.8. The Hall–Kier alpha value is 0.230. The second-order valence-electron chi connectivity index (χ2n) is 6.79. The van der Waals surface area contributed by atoms with Gasteiger partial charge in [-0.2, -0.15) is 11.8 Å². The lowest BCUT2D eigenvalue weighted by Crippen LogP contribution is -2.56. The van der Waals surface area contributed by atoms with Crippen LogP contribution in [0, 0.1) is 5.92 Å². The summed E-state index contributed by atoms with van der Waals surface area (Å²) >= 11 is 2.04. The molecule has 20 heavy (non-hydrogen) atoms. The zero-order chi connectivity index (χ0) is 14.1. The highest BCUT2D eigenvalue weighted by atomic mass is 32.2. The molecular weight excluding hydrogens is 272 g/mol. The molecule has 0 aromatic heterocycles. The summed E-state index contributed by atoms with van der Waals surface area (Å²) in [6, 6.07) is 0. The van der Waals surface area contributed by atoms with Crippen molar-refractivity contribution < 1.29 is 14.6 Å². The van der Waals surface area contributed by atoms with Gasteiger partial charge in [-0.1, -0.05) is 12.8 Å². The summed E-state index contributed by atoms with van der Waals surface area (Å²) in [5.41, 5.74) is -0.562. The van der Waals surface area contributed by atoms with Crippen molar-refractivity contribution in [2.75, 3.05) is 25.2 Å². The molecule has 0 aromatic carbocycles. The van der Waals surface area contributed by atoms with Crippen molar-refractivity contribution in [3.63, 3.8) is 0 Å². The topological polar surface area (TPSA) is 38.7 Å². The van der Waals surface area contributed by atoms with Crippen LogP contribution in [-0.2, 0) is 9.47 Å². The first-order valence-corrected chi connectivity index (χ1v) is 9.31. The van der Waals surface area contributed by atoms with E-state index in [0.29, 0.717) is 5.92 Å². The summed E-state index contributed by atoms with van der Waals surface area (Å²) in [5.74, 6) is 2.77. The minimum atomic E-state index is -0.617. The molecule has 3 nitrogen and oxygen atoms in total. The highest BCUT2D eigenvalue weighted by molar-refractivity contribution is 7.99. The van der Waals surface area contributed by atoms with E-state index in [-0.39, 0.29) is 11.7 Å². The van der Waals surface area contributed by atoms with Crippen LogP contribution in [0.15, 0.2) is 0 Å². The lowest BCUT2D eigenvalue weighted by atomic mass is 9.67. The van der Waals surface area contributed by atoms with Gasteiger partial charge in [0.1, 0.15) is 0 Å². The Morgan fingerprint density at radius 3 is 2.70 bits per heavy atom. The standard InChI is InChI=1S/C16H28O3S/c1-18-14-4-2-3-6-16(14,17)13-5-9-19-15(12-13)7-10-20-11-8-15/h13-14,17H,2-12H2,1H3. The van der Waals surface area contributed by atoms with Gasteiger partial charge in [0, 0.05) is 13.7 Å². The lowest BCUT2D eigenvalue weighted by Gasteiger charge is -2.51. The van der Waals surface area contributed by atoms with Gasteiger partial charge in [0.2, 0.25) is 0 Å². The molecule has 0 bridgehead atoms.